The average molecular weight is 252 g/mol. The summed E-state index contributed by atoms with van der Waals surface area (Å²) in [6.45, 7) is 7.77. The number of thiazole rings is 1. The van der Waals surface area contributed by atoms with Gasteiger partial charge in [-0.05, 0) is 38.6 Å². The molecule has 17 heavy (non-hydrogen) atoms. The van der Waals surface area contributed by atoms with Gasteiger partial charge in [0.1, 0.15) is 0 Å². The quantitative estimate of drug-likeness (QED) is 0.855. The number of nitrogens with zero attached hydrogens (tertiary/aromatic N) is 1. The molecule has 0 spiro atoms. The zero-order chi connectivity index (χ0) is 12.3. The van der Waals surface area contributed by atoms with E-state index < -0.39 is 0 Å². The Labute approximate surface area is 109 Å². The molecule has 2 rings (SSSR count). The van der Waals surface area contributed by atoms with E-state index >= 15 is 0 Å². The Morgan fingerprint density at radius 1 is 1.35 bits per heavy atom. The van der Waals surface area contributed by atoms with E-state index in [1.807, 2.05) is 11.3 Å². The molecule has 0 fully saturated rings. The standard InChI is InChI=1S/C14H24N2S/c1-4-10(5-2)14-16-13-11(15-6-3)8-7-9-12(13)17-14/h10-11,15H,4-9H2,1-3H3. The van der Waals surface area contributed by atoms with Crippen LogP contribution in [0.2, 0.25) is 0 Å². The van der Waals surface area contributed by atoms with Gasteiger partial charge in [0.15, 0.2) is 0 Å². The molecule has 1 unspecified atom stereocenters. The maximum atomic E-state index is 4.95. The maximum Gasteiger partial charge on any atom is 0.0962 e. The highest BCUT2D eigenvalue weighted by atomic mass is 32.1. The Bertz CT molecular complexity index is 355. The number of aromatic nitrogens is 1. The lowest BCUT2D eigenvalue weighted by Crippen LogP contribution is -2.24. The number of aryl methyl sites for hydroxylation is 1. The molecule has 1 aromatic rings. The Kier molecular flexibility index (Phi) is 4.57. The van der Waals surface area contributed by atoms with Crippen LogP contribution in [-0.4, -0.2) is 11.5 Å². The number of hydrogen-bond donors (Lipinski definition) is 1. The molecule has 1 atom stereocenters. The molecule has 0 aliphatic heterocycles. The van der Waals surface area contributed by atoms with Gasteiger partial charge >= 0.3 is 0 Å². The second-order valence-corrected chi connectivity index (χ2v) is 5.99. The Hall–Kier alpha value is -0.410. The highest BCUT2D eigenvalue weighted by Crippen LogP contribution is 2.37. The van der Waals surface area contributed by atoms with E-state index in [1.165, 1.54) is 42.8 Å². The highest BCUT2D eigenvalue weighted by molar-refractivity contribution is 7.11. The van der Waals surface area contributed by atoms with Crippen molar-refractivity contribution in [1.29, 1.82) is 0 Å². The van der Waals surface area contributed by atoms with Crippen LogP contribution >= 0.6 is 11.3 Å². The molecule has 0 aromatic carbocycles. The number of nitrogens with one attached hydrogen (secondary N) is 1. The summed E-state index contributed by atoms with van der Waals surface area (Å²) in [5.74, 6) is 0.674. The summed E-state index contributed by atoms with van der Waals surface area (Å²) in [4.78, 5) is 6.49. The summed E-state index contributed by atoms with van der Waals surface area (Å²) in [6, 6.07) is 0.517. The van der Waals surface area contributed by atoms with Gasteiger partial charge < -0.3 is 5.32 Å². The van der Waals surface area contributed by atoms with E-state index in [9.17, 15) is 0 Å². The van der Waals surface area contributed by atoms with E-state index in [4.69, 9.17) is 4.98 Å². The van der Waals surface area contributed by atoms with Crippen molar-refractivity contribution in [2.24, 2.45) is 0 Å². The molecule has 0 amide bonds. The highest BCUT2D eigenvalue weighted by Gasteiger charge is 2.25. The second kappa shape index (κ2) is 5.96. The van der Waals surface area contributed by atoms with Gasteiger partial charge in [0, 0.05) is 10.8 Å². The fourth-order valence-electron chi connectivity index (χ4n) is 2.69. The molecule has 1 aliphatic carbocycles. The molecule has 1 aromatic heterocycles. The third-order valence-corrected chi connectivity index (χ3v) is 5.05. The topological polar surface area (TPSA) is 24.9 Å². The van der Waals surface area contributed by atoms with E-state index in [2.05, 4.69) is 26.1 Å². The average Bonchev–Trinajstić information content (AvgIpc) is 2.76. The third-order valence-electron chi connectivity index (χ3n) is 3.76. The first-order chi connectivity index (χ1) is 8.30. The van der Waals surface area contributed by atoms with Crippen LogP contribution in [0.25, 0.3) is 0 Å². The Morgan fingerprint density at radius 3 is 2.76 bits per heavy atom. The van der Waals surface area contributed by atoms with Gasteiger partial charge in [-0.1, -0.05) is 20.8 Å². The van der Waals surface area contributed by atoms with Crippen molar-refractivity contribution in [3.8, 4) is 0 Å². The molecule has 96 valence electrons. The summed E-state index contributed by atoms with van der Waals surface area (Å²) in [5, 5.41) is 4.95. The normalized spacial score (nSPS) is 19.6. The molecule has 1 N–H and O–H groups in total. The summed E-state index contributed by atoms with van der Waals surface area (Å²) < 4.78 is 0. The van der Waals surface area contributed by atoms with Crippen LogP contribution in [0.15, 0.2) is 0 Å². The lowest BCUT2D eigenvalue weighted by molar-refractivity contribution is 0.463. The minimum Gasteiger partial charge on any atom is -0.309 e. The number of fused-ring (bicyclic) bond motifs is 1. The molecule has 0 saturated heterocycles. The fourth-order valence-corrected chi connectivity index (χ4v) is 4.13. The Balaban J connectivity index is 2.23. The van der Waals surface area contributed by atoms with Crippen molar-refractivity contribution in [1.82, 2.24) is 10.3 Å². The van der Waals surface area contributed by atoms with Gasteiger partial charge in [0.05, 0.1) is 16.7 Å². The lowest BCUT2D eigenvalue weighted by atomic mass is 9.97. The smallest absolute Gasteiger partial charge is 0.0962 e. The van der Waals surface area contributed by atoms with Crippen LogP contribution in [0.1, 0.15) is 74.0 Å². The molecule has 0 saturated carbocycles. The minimum absolute atomic E-state index is 0.517. The molecule has 3 heteroatoms. The van der Waals surface area contributed by atoms with Gasteiger partial charge in [-0.2, -0.15) is 0 Å². The molecule has 0 bridgehead atoms. The van der Waals surface area contributed by atoms with Crippen molar-refractivity contribution in [2.45, 2.75) is 64.8 Å². The number of hydrogen-bond acceptors (Lipinski definition) is 3. The van der Waals surface area contributed by atoms with Crippen LogP contribution in [-0.2, 0) is 6.42 Å². The zero-order valence-electron chi connectivity index (χ0n) is 11.3. The first-order valence-electron chi connectivity index (χ1n) is 7.02. The van der Waals surface area contributed by atoms with E-state index in [0.29, 0.717) is 12.0 Å². The van der Waals surface area contributed by atoms with E-state index in [-0.39, 0.29) is 0 Å². The molecule has 2 nitrogen and oxygen atoms in total. The summed E-state index contributed by atoms with van der Waals surface area (Å²) in [6.07, 6.45) is 6.25. The van der Waals surface area contributed by atoms with Gasteiger partial charge in [-0.3, -0.25) is 0 Å². The van der Waals surface area contributed by atoms with Gasteiger partial charge in [-0.25, -0.2) is 4.98 Å². The first kappa shape index (κ1) is 13.0. The maximum absolute atomic E-state index is 4.95. The largest absolute Gasteiger partial charge is 0.309 e. The minimum atomic E-state index is 0.517. The van der Waals surface area contributed by atoms with Crippen LogP contribution in [0, 0.1) is 0 Å². The first-order valence-corrected chi connectivity index (χ1v) is 7.84. The molecule has 1 heterocycles. The van der Waals surface area contributed by atoms with Crippen LogP contribution in [0.3, 0.4) is 0 Å². The number of rotatable bonds is 5. The zero-order valence-corrected chi connectivity index (χ0v) is 12.1. The fraction of sp³-hybridized carbons (Fsp3) is 0.786. The van der Waals surface area contributed by atoms with Crippen LogP contribution in [0.4, 0.5) is 0 Å². The van der Waals surface area contributed by atoms with Crippen molar-refractivity contribution in [2.75, 3.05) is 6.54 Å². The predicted molar refractivity (Wildman–Crippen MR) is 74.8 cm³/mol. The summed E-state index contributed by atoms with van der Waals surface area (Å²) >= 11 is 1.97. The van der Waals surface area contributed by atoms with Gasteiger partial charge in [0.2, 0.25) is 0 Å². The Morgan fingerprint density at radius 2 is 2.12 bits per heavy atom. The SMILES string of the molecule is CCNC1CCCc2sc(C(CC)CC)nc21. The third kappa shape index (κ3) is 2.71. The molecule has 1 aliphatic rings. The predicted octanol–water partition coefficient (Wildman–Crippen LogP) is 4.03. The van der Waals surface area contributed by atoms with E-state index in [0.717, 1.165) is 6.54 Å². The lowest BCUT2D eigenvalue weighted by Gasteiger charge is -2.21. The monoisotopic (exact) mass is 252 g/mol. The molecular weight excluding hydrogens is 228 g/mol. The van der Waals surface area contributed by atoms with Crippen LogP contribution < -0.4 is 5.32 Å². The summed E-state index contributed by atoms with van der Waals surface area (Å²) in [5.41, 5.74) is 1.37. The summed E-state index contributed by atoms with van der Waals surface area (Å²) in [7, 11) is 0. The second-order valence-electron chi connectivity index (χ2n) is 4.88. The van der Waals surface area contributed by atoms with Gasteiger partial charge in [-0.15, -0.1) is 11.3 Å². The van der Waals surface area contributed by atoms with E-state index in [1.54, 1.807) is 4.88 Å². The van der Waals surface area contributed by atoms with Crippen molar-refractivity contribution < 1.29 is 0 Å². The van der Waals surface area contributed by atoms with Crippen molar-refractivity contribution in [3.63, 3.8) is 0 Å². The molecular formula is C14H24N2S. The molecule has 0 radical (unpaired) electrons. The van der Waals surface area contributed by atoms with Crippen molar-refractivity contribution in [3.05, 3.63) is 15.6 Å². The van der Waals surface area contributed by atoms with Crippen molar-refractivity contribution >= 4 is 11.3 Å². The van der Waals surface area contributed by atoms with Gasteiger partial charge in [0.25, 0.3) is 0 Å². The van der Waals surface area contributed by atoms with Crippen LogP contribution in [0.5, 0.6) is 0 Å².